The van der Waals surface area contributed by atoms with E-state index in [1.54, 1.807) is 17.2 Å². The molecule has 2 aromatic carbocycles. The molecule has 0 radical (unpaired) electrons. The zero-order chi connectivity index (χ0) is 22.3. The predicted molar refractivity (Wildman–Crippen MR) is 125 cm³/mol. The van der Waals surface area contributed by atoms with Crippen LogP contribution in [0.2, 0.25) is 0 Å². The quantitative estimate of drug-likeness (QED) is 0.372. The minimum atomic E-state index is -0.262. The zero-order valence-electron chi connectivity index (χ0n) is 18.2. The lowest BCUT2D eigenvalue weighted by molar-refractivity contribution is -0.129. The van der Waals surface area contributed by atoms with Gasteiger partial charge in [-0.05, 0) is 49.1 Å². The largest absolute Gasteiger partial charge is 0.345 e. The summed E-state index contributed by atoms with van der Waals surface area (Å²) in [7, 11) is 1.86. The molecule has 1 amide bonds. The van der Waals surface area contributed by atoms with E-state index in [4.69, 9.17) is 0 Å². The second-order valence-electron chi connectivity index (χ2n) is 8.08. The van der Waals surface area contributed by atoms with Crippen LogP contribution in [0.5, 0.6) is 0 Å². The number of para-hydroxylation sites is 1. The van der Waals surface area contributed by atoms with E-state index in [-0.39, 0.29) is 11.7 Å². The van der Waals surface area contributed by atoms with Crippen LogP contribution in [0.3, 0.4) is 0 Å². The van der Waals surface area contributed by atoms with Gasteiger partial charge in [-0.25, -0.2) is 4.39 Å². The van der Waals surface area contributed by atoms with Crippen molar-refractivity contribution in [2.45, 2.75) is 32.1 Å². The molecule has 0 atom stereocenters. The first-order valence-electron chi connectivity index (χ1n) is 11.0. The second-order valence-corrected chi connectivity index (χ2v) is 8.08. The molecule has 2 heterocycles. The molecule has 164 valence electrons. The van der Waals surface area contributed by atoms with Crippen LogP contribution in [0.4, 0.5) is 4.39 Å². The highest BCUT2D eigenvalue weighted by molar-refractivity contribution is 5.87. The van der Waals surface area contributed by atoms with E-state index in [9.17, 15) is 9.18 Å². The molecule has 4 rings (SSSR count). The molecule has 32 heavy (non-hydrogen) atoms. The molecule has 1 N–H and O–H groups in total. The summed E-state index contributed by atoms with van der Waals surface area (Å²) in [5.74, 6) is -0.154. The van der Waals surface area contributed by atoms with Gasteiger partial charge in [-0.15, -0.1) is 0 Å². The molecule has 2 aromatic heterocycles. The Morgan fingerprint density at radius 3 is 2.75 bits per heavy atom. The first-order chi connectivity index (χ1) is 15.6. The van der Waals surface area contributed by atoms with Crippen molar-refractivity contribution in [3.05, 3.63) is 83.9 Å². The summed E-state index contributed by atoms with van der Waals surface area (Å²) in [6.07, 6.45) is 5.97. The minimum absolute atomic E-state index is 0.108. The summed E-state index contributed by atoms with van der Waals surface area (Å²) >= 11 is 0. The molecule has 0 spiro atoms. The van der Waals surface area contributed by atoms with Gasteiger partial charge in [0.05, 0.1) is 17.6 Å². The number of hydrogen-bond donors (Lipinski definition) is 1. The number of aryl methyl sites for hydroxylation is 1. The fraction of sp³-hybridized carbons (Fsp3) is 0.269. The van der Waals surface area contributed by atoms with Gasteiger partial charge in [-0.3, -0.25) is 14.9 Å². The summed E-state index contributed by atoms with van der Waals surface area (Å²) < 4.78 is 13.4. The molecule has 5 nitrogen and oxygen atoms in total. The smallest absolute Gasteiger partial charge is 0.226 e. The summed E-state index contributed by atoms with van der Waals surface area (Å²) in [6.45, 7) is 0.731. The number of H-pyrrole nitrogens is 1. The van der Waals surface area contributed by atoms with Gasteiger partial charge in [0.2, 0.25) is 5.91 Å². The Kier molecular flexibility index (Phi) is 6.90. The zero-order valence-corrected chi connectivity index (χ0v) is 18.2. The van der Waals surface area contributed by atoms with Crippen molar-refractivity contribution in [3.63, 3.8) is 0 Å². The lowest BCUT2D eigenvalue weighted by Crippen LogP contribution is -2.29. The lowest BCUT2D eigenvalue weighted by atomic mass is 10.1. The van der Waals surface area contributed by atoms with Crippen LogP contribution in [0.15, 0.2) is 66.9 Å². The number of carbonyl (C=O) groups is 1. The SMILES string of the molecule is CN(CCCCCc1cc(-c2cccc(F)c2)n[nH]1)C(=O)Cc1cccc2cccnc12. The van der Waals surface area contributed by atoms with Gasteiger partial charge in [0.1, 0.15) is 5.82 Å². The summed E-state index contributed by atoms with van der Waals surface area (Å²) in [5, 5.41) is 8.39. The Balaban J connectivity index is 1.21. The first-order valence-corrected chi connectivity index (χ1v) is 11.0. The van der Waals surface area contributed by atoms with Crippen LogP contribution in [-0.2, 0) is 17.6 Å². The number of unbranched alkanes of at least 4 members (excludes halogenated alkanes) is 2. The van der Waals surface area contributed by atoms with Crippen molar-refractivity contribution >= 4 is 16.8 Å². The van der Waals surface area contributed by atoms with Crippen molar-refractivity contribution in [1.29, 1.82) is 0 Å². The molecule has 0 aliphatic carbocycles. The number of nitrogens with zero attached hydrogens (tertiary/aromatic N) is 3. The fourth-order valence-corrected chi connectivity index (χ4v) is 3.86. The summed E-state index contributed by atoms with van der Waals surface area (Å²) in [4.78, 5) is 18.9. The molecule has 4 aromatic rings. The van der Waals surface area contributed by atoms with Gasteiger partial charge in [0.25, 0.3) is 0 Å². The van der Waals surface area contributed by atoms with E-state index < -0.39 is 0 Å². The normalized spacial score (nSPS) is 11.1. The van der Waals surface area contributed by atoms with Crippen molar-refractivity contribution < 1.29 is 9.18 Å². The second kappa shape index (κ2) is 10.2. The highest BCUT2D eigenvalue weighted by atomic mass is 19.1. The van der Waals surface area contributed by atoms with Crippen LogP contribution in [0.1, 0.15) is 30.5 Å². The van der Waals surface area contributed by atoms with Crippen LogP contribution in [0, 0.1) is 5.82 Å². The van der Waals surface area contributed by atoms with Crippen LogP contribution in [0.25, 0.3) is 22.2 Å². The number of benzene rings is 2. The maximum absolute atomic E-state index is 13.4. The maximum atomic E-state index is 13.4. The number of rotatable bonds is 9. The molecular formula is C26H27FN4O. The first kappa shape index (κ1) is 21.7. The average molecular weight is 431 g/mol. The minimum Gasteiger partial charge on any atom is -0.345 e. The third-order valence-electron chi connectivity index (χ3n) is 5.67. The third kappa shape index (κ3) is 5.38. The van der Waals surface area contributed by atoms with Crippen molar-refractivity contribution in [3.8, 4) is 11.3 Å². The number of pyridine rings is 1. The standard InChI is InChI=1S/C26H27FN4O/c1-31(25(32)17-21-10-5-8-19-11-7-14-28-26(19)21)15-4-2-3-13-23-18-24(30-29-23)20-9-6-12-22(27)16-20/h5-12,14,16,18H,2-4,13,15,17H2,1H3,(H,29,30). The molecule has 0 saturated carbocycles. The number of aromatic amines is 1. The van der Waals surface area contributed by atoms with Gasteiger partial charge in [-0.1, -0.05) is 42.8 Å². The predicted octanol–water partition coefficient (Wildman–Crippen LogP) is 5.18. The number of fused-ring (bicyclic) bond motifs is 1. The number of hydrogen-bond acceptors (Lipinski definition) is 3. The molecule has 0 saturated heterocycles. The van der Waals surface area contributed by atoms with Crippen LogP contribution < -0.4 is 0 Å². The van der Waals surface area contributed by atoms with Gasteiger partial charge in [-0.2, -0.15) is 5.10 Å². The molecular weight excluding hydrogens is 403 g/mol. The van der Waals surface area contributed by atoms with E-state index in [0.717, 1.165) is 65.6 Å². The van der Waals surface area contributed by atoms with Gasteiger partial charge in [0.15, 0.2) is 0 Å². The third-order valence-corrected chi connectivity index (χ3v) is 5.67. The lowest BCUT2D eigenvalue weighted by Gasteiger charge is -2.17. The van der Waals surface area contributed by atoms with Gasteiger partial charge < -0.3 is 4.90 Å². The number of likely N-dealkylation sites (N-methyl/N-ethyl adjacent to an activating group) is 1. The molecule has 0 aliphatic rings. The topological polar surface area (TPSA) is 61.9 Å². The Bertz CT molecular complexity index is 1200. The Morgan fingerprint density at radius 2 is 1.88 bits per heavy atom. The number of halogens is 1. The number of amides is 1. The molecule has 6 heteroatoms. The molecule has 0 aliphatic heterocycles. The maximum Gasteiger partial charge on any atom is 0.226 e. The van der Waals surface area contributed by atoms with Crippen molar-refractivity contribution in [2.75, 3.05) is 13.6 Å². The number of nitrogens with one attached hydrogen (secondary N) is 1. The number of aromatic nitrogens is 3. The van der Waals surface area contributed by atoms with Crippen LogP contribution >= 0.6 is 0 Å². The average Bonchev–Trinajstić information content (AvgIpc) is 3.28. The van der Waals surface area contributed by atoms with Crippen LogP contribution in [-0.4, -0.2) is 39.6 Å². The molecule has 0 unspecified atom stereocenters. The Labute approximate surface area is 187 Å². The Morgan fingerprint density at radius 1 is 1.03 bits per heavy atom. The monoisotopic (exact) mass is 430 g/mol. The molecule has 0 bridgehead atoms. The van der Waals surface area contributed by atoms with E-state index >= 15 is 0 Å². The van der Waals surface area contributed by atoms with Crippen molar-refractivity contribution in [2.24, 2.45) is 0 Å². The van der Waals surface area contributed by atoms with E-state index in [0.29, 0.717) is 6.42 Å². The van der Waals surface area contributed by atoms with E-state index in [1.165, 1.54) is 12.1 Å². The van der Waals surface area contributed by atoms with E-state index in [2.05, 4.69) is 15.2 Å². The fourth-order valence-electron chi connectivity index (χ4n) is 3.86. The number of carbonyl (C=O) groups excluding carboxylic acids is 1. The highest BCUT2D eigenvalue weighted by Gasteiger charge is 2.12. The summed E-state index contributed by atoms with van der Waals surface area (Å²) in [6, 6.07) is 18.3. The van der Waals surface area contributed by atoms with Crippen molar-refractivity contribution in [1.82, 2.24) is 20.1 Å². The molecule has 0 fully saturated rings. The van der Waals surface area contributed by atoms with Gasteiger partial charge in [0, 0.05) is 36.4 Å². The van der Waals surface area contributed by atoms with E-state index in [1.807, 2.05) is 49.5 Å². The summed E-state index contributed by atoms with van der Waals surface area (Å²) in [5.41, 5.74) is 4.43. The Hall–Kier alpha value is -3.54. The highest BCUT2D eigenvalue weighted by Crippen LogP contribution is 2.20. The van der Waals surface area contributed by atoms with Gasteiger partial charge >= 0.3 is 0 Å².